The van der Waals surface area contributed by atoms with E-state index in [4.69, 9.17) is 4.74 Å². The molecule has 162 valence electrons. The van der Waals surface area contributed by atoms with Crippen LogP contribution in [0.1, 0.15) is 48.3 Å². The van der Waals surface area contributed by atoms with Gasteiger partial charge in [-0.05, 0) is 62.6 Å². The van der Waals surface area contributed by atoms with Crippen molar-refractivity contribution in [1.82, 2.24) is 9.55 Å². The summed E-state index contributed by atoms with van der Waals surface area (Å²) in [6.07, 6.45) is 3.27. The Labute approximate surface area is 181 Å². The molecule has 0 atom stereocenters. The Morgan fingerprint density at radius 2 is 1.84 bits per heavy atom. The summed E-state index contributed by atoms with van der Waals surface area (Å²) in [4.78, 5) is 41.0. The maximum absolute atomic E-state index is 12.4. The Kier molecular flexibility index (Phi) is 7.18. The van der Waals surface area contributed by atoms with E-state index in [9.17, 15) is 14.4 Å². The van der Waals surface area contributed by atoms with Crippen LogP contribution in [0.3, 0.4) is 0 Å². The maximum Gasteiger partial charge on any atom is 0.338 e. The molecule has 1 heterocycles. The lowest BCUT2D eigenvalue weighted by molar-refractivity contribution is -0.119. The number of fused-ring (bicyclic) bond motifs is 1. The highest BCUT2D eigenvalue weighted by molar-refractivity contribution is 5.97. The highest BCUT2D eigenvalue weighted by atomic mass is 16.5. The number of esters is 1. The van der Waals surface area contributed by atoms with Crippen LogP contribution in [0.25, 0.3) is 11.0 Å². The predicted octanol–water partition coefficient (Wildman–Crippen LogP) is 3.86. The molecule has 0 aliphatic heterocycles. The molecular weight excluding hydrogens is 394 g/mol. The van der Waals surface area contributed by atoms with Gasteiger partial charge in [-0.3, -0.25) is 9.59 Å². The van der Waals surface area contributed by atoms with Crippen LogP contribution >= 0.6 is 0 Å². The van der Waals surface area contributed by atoms with Crippen molar-refractivity contribution in [2.24, 2.45) is 0 Å². The summed E-state index contributed by atoms with van der Waals surface area (Å²) >= 11 is 0. The molecule has 0 bridgehead atoms. The Morgan fingerprint density at radius 3 is 2.52 bits per heavy atom. The summed E-state index contributed by atoms with van der Waals surface area (Å²) in [7, 11) is 0. The number of hydrogen-bond acceptors (Lipinski definition) is 5. The number of amides is 1. The van der Waals surface area contributed by atoms with Gasteiger partial charge < -0.3 is 14.6 Å². The zero-order valence-electron chi connectivity index (χ0n) is 18.1. The van der Waals surface area contributed by atoms with Gasteiger partial charge in [-0.1, -0.05) is 25.5 Å². The van der Waals surface area contributed by atoms with Crippen LogP contribution in [0.5, 0.6) is 0 Å². The van der Waals surface area contributed by atoms with Crippen LogP contribution in [0, 0.1) is 6.92 Å². The van der Waals surface area contributed by atoms with E-state index in [1.165, 1.54) is 5.56 Å². The van der Waals surface area contributed by atoms with Crippen LogP contribution in [-0.4, -0.2) is 28.0 Å². The molecule has 31 heavy (non-hydrogen) atoms. The second-order valence-electron chi connectivity index (χ2n) is 7.37. The molecule has 0 radical (unpaired) electrons. The van der Waals surface area contributed by atoms with Crippen molar-refractivity contribution in [2.75, 3.05) is 11.9 Å². The van der Waals surface area contributed by atoms with Crippen LogP contribution in [0.4, 0.5) is 5.69 Å². The summed E-state index contributed by atoms with van der Waals surface area (Å²) < 4.78 is 6.76. The zero-order chi connectivity index (χ0) is 22.4. The molecule has 1 aromatic heterocycles. The van der Waals surface area contributed by atoms with Gasteiger partial charge >= 0.3 is 5.97 Å². The van der Waals surface area contributed by atoms with E-state index in [0.29, 0.717) is 29.0 Å². The third kappa shape index (κ3) is 5.36. The highest BCUT2D eigenvalue weighted by Gasteiger charge is 2.14. The van der Waals surface area contributed by atoms with E-state index in [0.717, 1.165) is 19.3 Å². The lowest BCUT2D eigenvalue weighted by atomic mass is 10.1. The van der Waals surface area contributed by atoms with Gasteiger partial charge in [0, 0.05) is 12.2 Å². The first-order valence-electron chi connectivity index (χ1n) is 10.5. The molecule has 1 N–H and O–H groups in total. The molecule has 0 saturated heterocycles. The first-order valence-corrected chi connectivity index (χ1v) is 10.5. The molecule has 7 heteroatoms. The van der Waals surface area contributed by atoms with Crippen LogP contribution in [0.2, 0.25) is 0 Å². The Hall–Kier alpha value is -3.48. The number of carbonyl (C=O) groups excluding carboxylic acids is 2. The first kappa shape index (κ1) is 22.2. The number of aromatic nitrogens is 2. The SMILES string of the molecule is CCCCc1ccc(NC(=O)COC(=O)c2ccc3c(c2)nc(C)c(=O)n3CC)cc1. The topological polar surface area (TPSA) is 90.3 Å². The molecular formula is C24H27N3O4. The minimum atomic E-state index is -0.624. The summed E-state index contributed by atoms with van der Waals surface area (Å²) in [6.45, 7) is 5.77. The van der Waals surface area contributed by atoms with Crippen molar-refractivity contribution in [1.29, 1.82) is 0 Å². The van der Waals surface area contributed by atoms with Gasteiger partial charge in [-0.2, -0.15) is 0 Å². The number of benzene rings is 2. The van der Waals surface area contributed by atoms with Crippen molar-refractivity contribution in [3.05, 3.63) is 69.6 Å². The smallest absolute Gasteiger partial charge is 0.338 e. The second kappa shape index (κ2) is 10.0. The van der Waals surface area contributed by atoms with E-state index in [2.05, 4.69) is 17.2 Å². The molecule has 3 rings (SSSR count). The highest BCUT2D eigenvalue weighted by Crippen LogP contribution is 2.15. The van der Waals surface area contributed by atoms with E-state index >= 15 is 0 Å². The van der Waals surface area contributed by atoms with E-state index in [1.54, 1.807) is 29.7 Å². The van der Waals surface area contributed by atoms with Crippen molar-refractivity contribution < 1.29 is 14.3 Å². The van der Waals surface area contributed by atoms with Crippen LogP contribution in [0.15, 0.2) is 47.3 Å². The van der Waals surface area contributed by atoms with Gasteiger partial charge in [-0.25, -0.2) is 9.78 Å². The second-order valence-corrected chi connectivity index (χ2v) is 7.37. The van der Waals surface area contributed by atoms with Gasteiger partial charge in [-0.15, -0.1) is 0 Å². The summed E-state index contributed by atoms with van der Waals surface area (Å²) in [6, 6.07) is 12.5. The minimum Gasteiger partial charge on any atom is -0.452 e. The fourth-order valence-electron chi connectivity index (χ4n) is 3.36. The monoisotopic (exact) mass is 421 g/mol. The summed E-state index contributed by atoms with van der Waals surface area (Å²) in [5.74, 6) is -1.04. The van der Waals surface area contributed by atoms with Gasteiger partial charge in [0.1, 0.15) is 5.69 Å². The number of anilines is 1. The number of rotatable bonds is 8. The number of aryl methyl sites for hydroxylation is 3. The number of unbranched alkanes of at least 4 members (excludes halogenated alkanes) is 1. The Balaban J connectivity index is 1.62. The molecule has 2 aromatic carbocycles. The number of ether oxygens (including phenoxy) is 1. The lowest BCUT2D eigenvalue weighted by Gasteiger charge is -2.10. The number of hydrogen-bond donors (Lipinski definition) is 1. The van der Waals surface area contributed by atoms with Crippen molar-refractivity contribution >= 4 is 28.6 Å². The molecule has 7 nitrogen and oxygen atoms in total. The third-order valence-electron chi connectivity index (χ3n) is 5.05. The standard InChI is InChI=1S/C24H27N3O4/c1-4-6-7-17-8-11-19(12-9-17)26-22(28)15-31-24(30)18-10-13-21-20(14-18)25-16(3)23(29)27(21)5-2/h8-14H,4-7,15H2,1-3H3,(H,26,28). The molecule has 0 aliphatic carbocycles. The number of nitrogens with one attached hydrogen (secondary N) is 1. The molecule has 0 fully saturated rings. The normalized spacial score (nSPS) is 10.8. The number of nitrogens with zero attached hydrogens (tertiary/aromatic N) is 2. The Morgan fingerprint density at radius 1 is 1.10 bits per heavy atom. The quantitative estimate of drug-likeness (QED) is 0.558. The molecule has 0 saturated carbocycles. The zero-order valence-corrected chi connectivity index (χ0v) is 18.1. The van der Waals surface area contributed by atoms with E-state index in [1.807, 2.05) is 31.2 Å². The molecule has 0 unspecified atom stereocenters. The maximum atomic E-state index is 12.4. The van der Waals surface area contributed by atoms with Gasteiger partial charge in [0.05, 0.1) is 16.6 Å². The lowest BCUT2D eigenvalue weighted by Crippen LogP contribution is -2.23. The van der Waals surface area contributed by atoms with Gasteiger partial charge in [0.25, 0.3) is 11.5 Å². The Bertz CT molecular complexity index is 1150. The van der Waals surface area contributed by atoms with E-state index < -0.39 is 18.5 Å². The molecule has 3 aromatic rings. The summed E-state index contributed by atoms with van der Waals surface area (Å²) in [5, 5.41) is 2.72. The van der Waals surface area contributed by atoms with Crippen molar-refractivity contribution in [3.63, 3.8) is 0 Å². The molecule has 0 spiro atoms. The van der Waals surface area contributed by atoms with Crippen molar-refractivity contribution in [2.45, 2.75) is 46.6 Å². The largest absolute Gasteiger partial charge is 0.452 e. The van der Waals surface area contributed by atoms with Gasteiger partial charge in [0.15, 0.2) is 6.61 Å². The molecule has 0 aliphatic rings. The average molecular weight is 421 g/mol. The molecule has 1 amide bonds. The average Bonchev–Trinajstić information content (AvgIpc) is 2.77. The van der Waals surface area contributed by atoms with Crippen molar-refractivity contribution in [3.8, 4) is 0 Å². The van der Waals surface area contributed by atoms with Crippen LogP contribution in [-0.2, 0) is 22.5 Å². The minimum absolute atomic E-state index is 0.152. The third-order valence-corrected chi connectivity index (χ3v) is 5.05. The number of carbonyl (C=O) groups is 2. The van der Waals surface area contributed by atoms with Gasteiger partial charge in [0.2, 0.25) is 0 Å². The van der Waals surface area contributed by atoms with Crippen LogP contribution < -0.4 is 10.9 Å². The predicted molar refractivity (Wildman–Crippen MR) is 120 cm³/mol. The first-order chi connectivity index (χ1) is 14.9. The fourth-order valence-corrected chi connectivity index (χ4v) is 3.36. The van der Waals surface area contributed by atoms with E-state index in [-0.39, 0.29) is 11.1 Å². The summed E-state index contributed by atoms with van der Waals surface area (Å²) in [5.41, 5.74) is 3.54. The fraction of sp³-hybridized carbons (Fsp3) is 0.333.